The van der Waals surface area contributed by atoms with Crippen LogP contribution in [-0.4, -0.2) is 17.9 Å². The van der Waals surface area contributed by atoms with Crippen LogP contribution in [0.2, 0.25) is 0 Å². The molecule has 0 aromatic heterocycles. The van der Waals surface area contributed by atoms with E-state index >= 15 is 0 Å². The molecule has 0 unspecified atom stereocenters. The first-order valence-corrected chi connectivity index (χ1v) is 11.4. The Kier molecular flexibility index (Phi) is 13.2. The van der Waals surface area contributed by atoms with Crippen molar-refractivity contribution in [2.24, 2.45) is 0 Å². The average molecular weight is 407 g/mol. The summed E-state index contributed by atoms with van der Waals surface area (Å²) in [5, 5.41) is 0. The summed E-state index contributed by atoms with van der Waals surface area (Å²) >= 11 is 0. The van der Waals surface area contributed by atoms with E-state index in [1.165, 1.54) is 63.5 Å². The van der Waals surface area contributed by atoms with Crippen LogP contribution >= 0.6 is 0 Å². The minimum Gasteiger partial charge on any atom is -0.745 e. The fourth-order valence-corrected chi connectivity index (χ4v) is 3.16. The molecule has 6 heteroatoms. The number of hydrogen-bond acceptors (Lipinski definition) is 4. The standard InChI is InChI=1S/C21H36O4S.Na/c1-5-7-9-11-13-18-15-16-20(25-21(3,4)26(22,23)24)17-19(18)14-12-10-8-6-2;/h15-17H,5-14H2,1-4H3,(H,22,23,24);/q;+1/p-1. The van der Waals surface area contributed by atoms with Gasteiger partial charge in [0.1, 0.15) is 15.9 Å². The molecule has 0 amide bonds. The van der Waals surface area contributed by atoms with Crippen LogP contribution in [0.15, 0.2) is 18.2 Å². The average Bonchev–Trinajstić information content (AvgIpc) is 2.55. The molecule has 0 spiro atoms. The summed E-state index contributed by atoms with van der Waals surface area (Å²) in [6, 6.07) is 5.75. The zero-order valence-electron chi connectivity index (χ0n) is 17.8. The maximum Gasteiger partial charge on any atom is 1.00 e. The molecule has 0 aliphatic rings. The molecule has 0 radical (unpaired) electrons. The Hall–Kier alpha value is -0.0700. The van der Waals surface area contributed by atoms with Crippen molar-refractivity contribution < 1.29 is 47.3 Å². The van der Waals surface area contributed by atoms with E-state index in [0.29, 0.717) is 5.75 Å². The van der Waals surface area contributed by atoms with Crippen molar-refractivity contribution in [3.05, 3.63) is 29.3 Å². The second-order valence-electron chi connectivity index (χ2n) is 7.51. The molecule has 1 aromatic carbocycles. The van der Waals surface area contributed by atoms with E-state index in [9.17, 15) is 13.0 Å². The molecule has 4 nitrogen and oxygen atoms in total. The second kappa shape index (κ2) is 13.2. The first-order chi connectivity index (χ1) is 12.2. The van der Waals surface area contributed by atoms with Gasteiger partial charge in [0.05, 0.1) is 0 Å². The monoisotopic (exact) mass is 406 g/mol. The first-order valence-electron chi connectivity index (χ1n) is 9.97. The van der Waals surface area contributed by atoms with Gasteiger partial charge in [-0.15, -0.1) is 0 Å². The summed E-state index contributed by atoms with van der Waals surface area (Å²) in [6.45, 7) is 7.00. The summed E-state index contributed by atoms with van der Waals surface area (Å²) in [5.74, 6) is 0.456. The Labute approximate surface area is 188 Å². The number of rotatable bonds is 13. The van der Waals surface area contributed by atoms with Crippen LogP contribution in [0.5, 0.6) is 5.75 Å². The van der Waals surface area contributed by atoms with Gasteiger partial charge in [0.2, 0.25) is 0 Å². The zero-order valence-corrected chi connectivity index (χ0v) is 20.7. The van der Waals surface area contributed by atoms with Gasteiger partial charge in [-0.05, 0) is 62.8 Å². The fourth-order valence-electron chi connectivity index (χ4n) is 2.96. The molecule has 0 heterocycles. The molecular weight excluding hydrogens is 371 g/mol. The predicted octanol–water partition coefficient (Wildman–Crippen LogP) is 2.60. The number of benzene rings is 1. The fraction of sp³-hybridized carbons (Fsp3) is 0.714. The molecule has 0 fully saturated rings. The Bertz CT molecular complexity index is 642. The molecule has 0 bridgehead atoms. The van der Waals surface area contributed by atoms with Crippen LogP contribution in [-0.2, 0) is 23.0 Å². The Balaban J connectivity index is 0.00000676. The zero-order chi connectivity index (χ0) is 19.6. The van der Waals surface area contributed by atoms with Crippen LogP contribution in [0, 0.1) is 0 Å². The third-order valence-electron chi connectivity index (χ3n) is 4.74. The molecule has 0 saturated carbocycles. The Morgan fingerprint density at radius 1 is 0.889 bits per heavy atom. The number of hydrogen-bond donors (Lipinski definition) is 0. The smallest absolute Gasteiger partial charge is 0.745 e. The van der Waals surface area contributed by atoms with Crippen molar-refractivity contribution in [3.8, 4) is 5.75 Å². The van der Waals surface area contributed by atoms with E-state index in [1.807, 2.05) is 12.1 Å². The van der Waals surface area contributed by atoms with Crippen LogP contribution < -0.4 is 34.3 Å². The normalized spacial score (nSPS) is 11.9. The van der Waals surface area contributed by atoms with Gasteiger partial charge in [-0.3, -0.25) is 0 Å². The van der Waals surface area contributed by atoms with Crippen molar-refractivity contribution in [3.63, 3.8) is 0 Å². The number of unbranched alkanes of at least 4 members (excludes halogenated alkanes) is 6. The summed E-state index contributed by atoms with van der Waals surface area (Å²) in [4.78, 5) is -1.77. The third-order valence-corrected chi connectivity index (χ3v) is 6.03. The van der Waals surface area contributed by atoms with Crippen LogP contribution in [0.25, 0.3) is 0 Å². The van der Waals surface area contributed by atoms with Gasteiger partial charge in [0.15, 0.2) is 4.93 Å². The van der Waals surface area contributed by atoms with Crippen LogP contribution in [0.3, 0.4) is 0 Å². The molecule has 0 aliphatic carbocycles. The topological polar surface area (TPSA) is 66.4 Å². The van der Waals surface area contributed by atoms with Gasteiger partial charge < -0.3 is 9.29 Å². The molecule has 1 aromatic rings. The molecule has 27 heavy (non-hydrogen) atoms. The summed E-state index contributed by atoms with van der Waals surface area (Å²) in [5.41, 5.74) is 2.53. The van der Waals surface area contributed by atoms with Gasteiger partial charge in [0.25, 0.3) is 0 Å². The molecule has 0 atom stereocenters. The van der Waals surface area contributed by atoms with E-state index in [4.69, 9.17) is 4.74 Å². The van der Waals surface area contributed by atoms with Crippen molar-refractivity contribution in [2.75, 3.05) is 0 Å². The van der Waals surface area contributed by atoms with Crippen molar-refractivity contribution in [1.29, 1.82) is 0 Å². The molecule has 1 rings (SSSR count). The second-order valence-corrected chi connectivity index (χ2v) is 9.40. The van der Waals surface area contributed by atoms with E-state index in [1.54, 1.807) is 6.07 Å². The predicted molar refractivity (Wildman–Crippen MR) is 107 cm³/mol. The molecule has 0 aliphatic heterocycles. The SMILES string of the molecule is CCCCCCc1ccc(OC(C)(C)S(=O)(=O)[O-])cc1CCCCCC.[Na+]. The van der Waals surface area contributed by atoms with Crippen molar-refractivity contribution in [2.45, 2.75) is 96.8 Å². The van der Waals surface area contributed by atoms with E-state index in [2.05, 4.69) is 13.8 Å². The molecule has 0 N–H and O–H groups in total. The first kappa shape index (κ1) is 26.9. The largest absolute Gasteiger partial charge is 1.00 e. The summed E-state index contributed by atoms with van der Waals surface area (Å²) in [6.07, 6.45) is 11.6. The Morgan fingerprint density at radius 3 is 1.89 bits per heavy atom. The third kappa shape index (κ3) is 9.80. The number of aryl methyl sites for hydroxylation is 2. The van der Waals surface area contributed by atoms with E-state index < -0.39 is 15.1 Å². The van der Waals surface area contributed by atoms with E-state index in [0.717, 1.165) is 25.7 Å². The Morgan fingerprint density at radius 2 is 1.41 bits per heavy atom. The minimum atomic E-state index is -4.54. The van der Waals surface area contributed by atoms with Crippen molar-refractivity contribution >= 4 is 10.1 Å². The van der Waals surface area contributed by atoms with Gasteiger partial charge in [-0.1, -0.05) is 58.4 Å². The van der Waals surface area contributed by atoms with Gasteiger partial charge in [-0.2, -0.15) is 0 Å². The van der Waals surface area contributed by atoms with Crippen LogP contribution in [0.1, 0.15) is 90.2 Å². The van der Waals surface area contributed by atoms with Crippen LogP contribution in [0.4, 0.5) is 0 Å². The molecule has 0 saturated heterocycles. The molecular formula is C21H35NaO4S. The summed E-state index contributed by atoms with van der Waals surface area (Å²) < 4.78 is 39.7. The minimum absolute atomic E-state index is 0. The van der Waals surface area contributed by atoms with Crippen molar-refractivity contribution in [1.82, 2.24) is 0 Å². The quantitative estimate of drug-likeness (QED) is 0.287. The van der Waals surface area contributed by atoms with Gasteiger partial charge in [0, 0.05) is 0 Å². The maximum atomic E-state index is 11.4. The van der Waals surface area contributed by atoms with Gasteiger partial charge in [-0.25, -0.2) is 8.42 Å². The van der Waals surface area contributed by atoms with Gasteiger partial charge >= 0.3 is 29.6 Å². The number of ether oxygens (including phenoxy) is 1. The summed E-state index contributed by atoms with van der Waals surface area (Å²) in [7, 11) is -4.54. The van der Waals surface area contributed by atoms with E-state index in [-0.39, 0.29) is 29.6 Å². The molecule has 150 valence electrons. The maximum absolute atomic E-state index is 11.4.